The van der Waals surface area contributed by atoms with Crippen LogP contribution in [0.2, 0.25) is 0 Å². The van der Waals surface area contributed by atoms with E-state index in [4.69, 9.17) is 0 Å². The Labute approximate surface area is 209 Å². The Balaban J connectivity index is 1.54. The maximum absolute atomic E-state index is 13.5. The first-order valence-corrected chi connectivity index (χ1v) is 12.3. The van der Waals surface area contributed by atoms with Crippen molar-refractivity contribution in [1.82, 2.24) is 15.0 Å². The van der Waals surface area contributed by atoms with Crippen molar-refractivity contribution in [3.8, 4) is 22.4 Å². The van der Waals surface area contributed by atoms with Crippen LogP contribution < -0.4 is 11.0 Å². The molecule has 10 heteroatoms. The summed E-state index contributed by atoms with van der Waals surface area (Å²) in [5.74, 6) is -4.71. The van der Waals surface area contributed by atoms with Crippen LogP contribution in [0.25, 0.3) is 22.4 Å². The quantitative estimate of drug-likeness (QED) is 0.389. The monoisotopic (exact) mass is 519 g/mol. The molecule has 0 aromatic carbocycles. The van der Waals surface area contributed by atoms with Gasteiger partial charge in [-0.25, -0.2) is 8.78 Å². The van der Waals surface area contributed by atoms with E-state index >= 15 is 0 Å². The minimum Gasteiger partial charge on any atom is -0.358 e. The molecule has 5 nitrogen and oxygen atoms in total. The van der Waals surface area contributed by atoms with Crippen molar-refractivity contribution in [2.75, 3.05) is 0 Å². The van der Waals surface area contributed by atoms with Gasteiger partial charge in [-0.3, -0.25) is 14.6 Å². The number of aromatic nitrogens is 3. The van der Waals surface area contributed by atoms with Gasteiger partial charge in [0.25, 0.3) is 0 Å². The van der Waals surface area contributed by atoms with E-state index in [0.717, 1.165) is 5.56 Å². The van der Waals surface area contributed by atoms with Crippen LogP contribution in [0.3, 0.4) is 0 Å². The van der Waals surface area contributed by atoms with Crippen LogP contribution in [0.5, 0.6) is 0 Å². The SMILES string of the molecule is Cc1[nH]c(-c2cnc(C3CC(F)(F)C3)cc2C2CCC(C(F)(F)F)CC2)cc(=O)c1-c1cc[nH]c(=O)c1. The third-order valence-corrected chi connectivity index (χ3v) is 7.67. The Morgan fingerprint density at radius 2 is 1.70 bits per heavy atom. The Hall–Kier alpha value is -3.30. The van der Waals surface area contributed by atoms with E-state index < -0.39 is 23.9 Å². The zero-order chi connectivity index (χ0) is 26.5. The molecule has 3 heterocycles. The summed E-state index contributed by atoms with van der Waals surface area (Å²) in [4.78, 5) is 35.0. The van der Waals surface area contributed by atoms with Gasteiger partial charge in [-0.15, -0.1) is 0 Å². The van der Waals surface area contributed by atoms with Crippen LogP contribution in [-0.2, 0) is 0 Å². The summed E-state index contributed by atoms with van der Waals surface area (Å²) in [5, 5.41) is 0. The molecule has 3 aromatic rings. The van der Waals surface area contributed by atoms with E-state index in [2.05, 4.69) is 15.0 Å². The van der Waals surface area contributed by atoms with Crippen LogP contribution in [0.15, 0.2) is 46.2 Å². The molecule has 2 aliphatic carbocycles. The first-order valence-electron chi connectivity index (χ1n) is 12.3. The van der Waals surface area contributed by atoms with E-state index in [1.165, 1.54) is 24.5 Å². The molecule has 2 fully saturated rings. The van der Waals surface area contributed by atoms with E-state index in [1.807, 2.05) is 0 Å². The lowest BCUT2D eigenvalue weighted by Crippen LogP contribution is -2.34. The number of aryl methyl sites for hydroxylation is 1. The highest BCUT2D eigenvalue weighted by Gasteiger charge is 2.47. The molecular formula is C27H26F5N3O2. The van der Waals surface area contributed by atoms with Crippen molar-refractivity contribution in [3.05, 3.63) is 74.2 Å². The average Bonchev–Trinajstić information content (AvgIpc) is 2.81. The van der Waals surface area contributed by atoms with Gasteiger partial charge in [0.15, 0.2) is 5.43 Å². The van der Waals surface area contributed by atoms with Crippen LogP contribution in [0, 0.1) is 12.8 Å². The third-order valence-electron chi connectivity index (χ3n) is 7.67. The van der Waals surface area contributed by atoms with E-state index in [1.54, 1.807) is 19.1 Å². The lowest BCUT2D eigenvalue weighted by molar-refractivity contribution is -0.182. The van der Waals surface area contributed by atoms with Crippen molar-refractivity contribution in [2.45, 2.75) is 69.4 Å². The number of halogens is 5. The van der Waals surface area contributed by atoms with Gasteiger partial charge in [0.05, 0.1) is 11.6 Å². The zero-order valence-electron chi connectivity index (χ0n) is 20.1. The van der Waals surface area contributed by atoms with Crippen molar-refractivity contribution >= 4 is 0 Å². The summed E-state index contributed by atoms with van der Waals surface area (Å²) < 4.78 is 66.8. The minimum absolute atomic E-state index is 0.0101. The zero-order valence-corrected chi connectivity index (χ0v) is 20.1. The Bertz CT molecular complexity index is 1430. The predicted octanol–water partition coefficient (Wildman–Crippen LogP) is 6.45. The Kier molecular flexibility index (Phi) is 6.32. The van der Waals surface area contributed by atoms with Crippen LogP contribution >= 0.6 is 0 Å². The molecule has 0 unspecified atom stereocenters. The number of nitrogens with one attached hydrogen (secondary N) is 2. The Morgan fingerprint density at radius 1 is 1.00 bits per heavy atom. The molecule has 0 saturated heterocycles. The highest BCUT2D eigenvalue weighted by molar-refractivity contribution is 5.70. The van der Waals surface area contributed by atoms with Gasteiger partial charge >= 0.3 is 6.18 Å². The third kappa shape index (κ3) is 5.10. The number of H-pyrrole nitrogens is 2. The predicted molar refractivity (Wildman–Crippen MR) is 129 cm³/mol. The smallest absolute Gasteiger partial charge is 0.358 e. The number of hydrogen-bond donors (Lipinski definition) is 2. The molecule has 2 saturated carbocycles. The minimum atomic E-state index is -4.24. The van der Waals surface area contributed by atoms with Gasteiger partial charge in [0.2, 0.25) is 11.5 Å². The topological polar surface area (TPSA) is 78.6 Å². The second-order valence-corrected chi connectivity index (χ2v) is 10.2. The van der Waals surface area contributed by atoms with Crippen molar-refractivity contribution < 1.29 is 22.0 Å². The number of alkyl halides is 5. The van der Waals surface area contributed by atoms with E-state index in [0.29, 0.717) is 46.6 Å². The summed E-state index contributed by atoms with van der Waals surface area (Å²) in [6.45, 7) is 1.70. The molecule has 2 N–H and O–H groups in total. The molecule has 0 spiro atoms. The molecule has 0 bridgehead atoms. The van der Waals surface area contributed by atoms with Gasteiger partial charge in [0.1, 0.15) is 0 Å². The standard InChI is InChI=1S/C27H26F5N3O2/c1-14-25(16-6-7-33-24(37)8-16)23(36)10-22(35-14)20-13-34-21(17-11-26(28,29)12-17)9-19(20)15-2-4-18(5-3-15)27(30,31)32/h6-10,13,15,17-18H,2-5,11-12H2,1H3,(H,33,37)(H,35,36). The normalized spacial score (nSPS) is 22.0. The molecule has 37 heavy (non-hydrogen) atoms. The summed E-state index contributed by atoms with van der Waals surface area (Å²) in [6.07, 6.45) is -1.29. The number of hydrogen-bond acceptors (Lipinski definition) is 3. The molecule has 2 aliphatic rings. The van der Waals surface area contributed by atoms with Gasteiger partial charge in [-0.2, -0.15) is 13.2 Å². The molecule has 0 amide bonds. The molecule has 0 atom stereocenters. The largest absolute Gasteiger partial charge is 0.391 e. The Morgan fingerprint density at radius 3 is 2.30 bits per heavy atom. The van der Waals surface area contributed by atoms with Crippen molar-refractivity contribution in [1.29, 1.82) is 0 Å². The number of nitrogens with zero attached hydrogens (tertiary/aromatic N) is 1. The lowest BCUT2D eigenvalue weighted by Gasteiger charge is -2.35. The van der Waals surface area contributed by atoms with Gasteiger partial charge in [-0.05, 0) is 61.8 Å². The fraction of sp³-hybridized carbons (Fsp3) is 0.444. The first-order chi connectivity index (χ1) is 17.4. The van der Waals surface area contributed by atoms with Gasteiger partial charge in [-0.1, -0.05) is 0 Å². The van der Waals surface area contributed by atoms with Crippen LogP contribution in [0.1, 0.15) is 67.3 Å². The maximum atomic E-state index is 13.5. The fourth-order valence-corrected chi connectivity index (χ4v) is 5.67. The van der Waals surface area contributed by atoms with E-state index in [-0.39, 0.29) is 42.6 Å². The lowest BCUT2D eigenvalue weighted by atomic mass is 9.74. The molecule has 196 valence electrons. The second-order valence-electron chi connectivity index (χ2n) is 10.2. The summed E-state index contributed by atoms with van der Waals surface area (Å²) in [5.41, 5.74) is 2.88. The van der Waals surface area contributed by atoms with Crippen LogP contribution in [-0.4, -0.2) is 27.1 Å². The fourth-order valence-electron chi connectivity index (χ4n) is 5.67. The van der Waals surface area contributed by atoms with Crippen LogP contribution in [0.4, 0.5) is 22.0 Å². The number of rotatable bonds is 4. The second kappa shape index (κ2) is 9.22. The molecule has 0 radical (unpaired) electrons. The highest BCUT2D eigenvalue weighted by atomic mass is 19.4. The number of pyridine rings is 3. The molecular weight excluding hydrogens is 493 g/mol. The summed E-state index contributed by atoms with van der Waals surface area (Å²) in [7, 11) is 0. The maximum Gasteiger partial charge on any atom is 0.391 e. The summed E-state index contributed by atoms with van der Waals surface area (Å²) >= 11 is 0. The van der Waals surface area contributed by atoms with E-state index in [9.17, 15) is 31.5 Å². The van der Waals surface area contributed by atoms with Crippen molar-refractivity contribution in [2.24, 2.45) is 5.92 Å². The molecule has 3 aromatic heterocycles. The highest BCUT2D eigenvalue weighted by Crippen LogP contribution is 2.50. The van der Waals surface area contributed by atoms with Gasteiger partial charge in [0, 0.05) is 65.8 Å². The van der Waals surface area contributed by atoms with Gasteiger partial charge < -0.3 is 9.97 Å². The summed E-state index contributed by atoms with van der Waals surface area (Å²) in [6, 6.07) is 6.08. The average molecular weight is 520 g/mol. The number of aromatic amines is 2. The molecule has 5 rings (SSSR count). The molecule has 0 aliphatic heterocycles. The van der Waals surface area contributed by atoms with Crippen molar-refractivity contribution in [3.63, 3.8) is 0 Å². The first kappa shape index (κ1) is 25.4.